The molecule has 0 saturated carbocycles. The molecule has 0 atom stereocenters. The normalized spacial score (nSPS) is 12.4. The van der Waals surface area contributed by atoms with Crippen LogP contribution in [0.25, 0.3) is 0 Å². The molecule has 1 heterocycles. The molecule has 0 radical (unpaired) electrons. The van der Waals surface area contributed by atoms with Crippen molar-refractivity contribution in [3.05, 3.63) is 12.1 Å². The zero-order valence-corrected chi connectivity index (χ0v) is 8.49. The second kappa shape index (κ2) is 3.68. The predicted molar refractivity (Wildman–Crippen MR) is 53.4 cm³/mol. The van der Waals surface area contributed by atoms with Gasteiger partial charge in [-0.05, 0) is 0 Å². The molecule has 0 bridgehead atoms. The van der Waals surface area contributed by atoms with Gasteiger partial charge in [-0.3, -0.25) is 4.79 Å². The quantitative estimate of drug-likeness (QED) is 0.799. The van der Waals surface area contributed by atoms with E-state index in [1.165, 1.54) is 14.0 Å². The summed E-state index contributed by atoms with van der Waals surface area (Å²) in [5.41, 5.74) is 0.578. The number of amides is 1. The van der Waals surface area contributed by atoms with E-state index in [0.29, 0.717) is 22.9 Å². The van der Waals surface area contributed by atoms with Crippen LogP contribution in [0.2, 0.25) is 0 Å². The molecule has 1 aromatic carbocycles. The highest BCUT2D eigenvalue weighted by Crippen LogP contribution is 2.40. The van der Waals surface area contributed by atoms with E-state index in [1.54, 1.807) is 12.1 Å². The Morgan fingerprint density at radius 3 is 2.67 bits per heavy atom. The average Bonchev–Trinajstić information content (AvgIpc) is 2.62. The fourth-order valence-electron chi connectivity index (χ4n) is 1.38. The molecule has 0 aromatic heterocycles. The average molecular weight is 209 g/mol. The molecule has 80 valence electrons. The highest BCUT2D eigenvalue weighted by molar-refractivity contribution is 5.91. The Hall–Kier alpha value is -1.91. The maximum atomic E-state index is 10.9. The number of carbonyl (C=O) groups is 1. The number of nitrogens with one attached hydrogen (secondary N) is 1. The molecule has 1 aromatic rings. The number of fused-ring (bicyclic) bond motifs is 1. The molecular formula is C10H11NO4. The molecule has 0 spiro atoms. The lowest BCUT2D eigenvalue weighted by atomic mass is 10.2. The first-order valence-electron chi connectivity index (χ1n) is 4.46. The zero-order valence-electron chi connectivity index (χ0n) is 8.49. The first-order chi connectivity index (χ1) is 7.20. The molecule has 1 aliphatic rings. The maximum absolute atomic E-state index is 10.9. The van der Waals surface area contributed by atoms with Crippen molar-refractivity contribution < 1.29 is 19.0 Å². The van der Waals surface area contributed by atoms with Gasteiger partial charge in [0.1, 0.15) is 5.75 Å². The summed E-state index contributed by atoms with van der Waals surface area (Å²) in [6.07, 6.45) is 0. The number of hydrogen-bond acceptors (Lipinski definition) is 4. The third kappa shape index (κ3) is 1.81. The molecule has 0 aliphatic carbocycles. The van der Waals surface area contributed by atoms with E-state index in [1.807, 2.05) is 0 Å². The van der Waals surface area contributed by atoms with Gasteiger partial charge < -0.3 is 19.5 Å². The van der Waals surface area contributed by atoms with Crippen molar-refractivity contribution in [2.45, 2.75) is 6.92 Å². The van der Waals surface area contributed by atoms with E-state index in [2.05, 4.69) is 5.32 Å². The van der Waals surface area contributed by atoms with Gasteiger partial charge in [-0.15, -0.1) is 0 Å². The van der Waals surface area contributed by atoms with E-state index in [4.69, 9.17) is 14.2 Å². The van der Waals surface area contributed by atoms with Gasteiger partial charge in [0.05, 0.1) is 12.8 Å². The van der Waals surface area contributed by atoms with Crippen LogP contribution in [0.15, 0.2) is 12.1 Å². The second-order valence-electron chi connectivity index (χ2n) is 3.09. The Balaban J connectivity index is 2.39. The number of anilines is 1. The maximum Gasteiger partial charge on any atom is 0.231 e. The SMILES string of the molecule is COc1cc2c(cc1NC(C)=O)OCO2. The Kier molecular flexibility index (Phi) is 2.37. The number of methoxy groups -OCH3 is 1. The van der Waals surface area contributed by atoms with Crippen molar-refractivity contribution in [3.8, 4) is 17.2 Å². The van der Waals surface area contributed by atoms with Crippen LogP contribution in [-0.4, -0.2) is 19.8 Å². The lowest BCUT2D eigenvalue weighted by Gasteiger charge is -2.09. The molecule has 15 heavy (non-hydrogen) atoms. The molecule has 2 rings (SSSR count). The topological polar surface area (TPSA) is 56.8 Å². The van der Waals surface area contributed by atoms with E-state index < -0.39 is 0 Å². The van der Waals surface area contributed by atoms with E-state index in [0.717, 1.165) is 0 Å². The van der Waals surface area contributed by atoms with Crippen molar-refractivity contribution in [2.75, 3.05) is 19.2 Å². The summed E-state index contributed by atoms with van der Waals surface area (Å²) in [6, 6.07) is 3.37. The minimum atomic E-state index is -0.160. The Morgan fingerprint density at radius 2 is 2.07 bits per heavy atom. The summed E-state index contributed by atoms with van der Waals surface area (Å²) < 4.78 is 15.5. The van der Waals surface area contributed by atoms with Crippen molar-refractivity contribution in [2.24, 2.45) is 0 Å². The van der Waals surface area contributed by atoms with Crippen LogP contribution in [-0.2, 0) is 4.79 Å². The molecular weight excluding hydrogens is 198 g/mol. The molecule has 5 nitrogen and oxygen atoms in total. The van der Waals surface area contributed by atoms with Crippen molar-refractivity contribution in [3.63, 3.8) is 0 Å². The predicted octanol–water partition coefficient (Wildman–Crippen LogP) is 1.38. The van der Waals surface area contributed by atoms with Crippen LogP contribution in [0.5, 0.6) is 17.2 Å². The van der Waals surface area contributed by atoms with Crippen LogP contribution >= 0.6 is 0 Å². The van der Waals surface area contributed by atoms with Crippen LogP contribution in [0.3, 0.4) is 0 Å². The van der Waals surface area contributed by atoms with Crippen molar-refractivity contribution >= 4 is 11.6 Å². The van der Waals surface area contributed by atoms with E-state index >= 15 is 0 Å². The number of hydrogen-bond donors (Lipinski definition) is 1. The summed E-state index contributed by atoms with van der Waals surface area (Å²) in [6.45, 7) is 1.63. The first-order valence-corrected chi connectivity index (χ1v) is 4.46. The third-order valence-electron chi connectivity index (χ3n) is 2.01. The van der Waals surface area contributed by atoms with Crippen molar-refractivity contribution in [1.82, 2.24) is 0 Å². The number of ether oxygens (including phenoxy) is 3. The molecule has 1 aliphatic heterocycles. The zero-order chi connectivity index (χ0) is 10.8. The monoisotopic (exact) mass is 209 g/mol. The number of carbonyl (C=O) groups excluding carboxylic acids is 1. The molecule has 0 saturated heterocycles. The van der Waals surface area contributed by atoms with Gasteiger partial charge in [-0.25, -0.2) is 0 Å². The van der Waals surface area contributed by atoms with Gasteiger partial charge in [0.2, 0.25) is 12.7 Å². The van der Waals surface area contributed by atoms with E-state index in [9.17, 15) is 4.79 Å². The summed E-state index contributed by atoms with van der Waals surface area (Å²) in [5, 5.41) is 2.65. The smallest absolute Gasteiger partial charge is 0.231 e. The van der Waals surface area contributed by atoms with Gasteiger partial charge in [-0.2, -0.15) is 0 Å². The summed E-state index contributed by atoms with van der Waals surface area (Å²) in [5.74, 6) is 1.63. The van der Waals surface area contributed by atoms with Crippen LogP contribution < -0.4 is 19.5 Å². The summed E-state index contributed by atoms with van der Waals surface area (Å²) in [7, 11) is 1.53. The fourth-order valence-corrected chi connectivity index (χ4v) is 1.38. The molecule has 5 heteroatoms. The lowest BCUT2D eigenvalue weighted by Crippen LogP contribution is -2.07. The van der Waals surface area contributed by atoms with Crippen molar-refractivity contribution in [1.29, 1.82) is 0 Å². The van der Waals surface area contributed by atoms with Gasteiger partial charge in [-0.1, -0.05) is 0 Å². The minimum absolute atomic E-state index is 0.160. The van der Waals surface area contributed by atoms with Gasteiger partial charge in [0, 0.05) is 19.1 Å². The molecule has 0 unspecified atom stereocenters. The number of rotatable bonds is 2. The van der Waals surface area contributed by atoms with Crippen LogP contribution in [0, 0.1) is 0 Å². The first kappa shape index (κ1) is 9.64. The van der Waals surface area contributed by atoms with Crippen LogP contribution in [0.4, 0.5) is 5.69 Å². The molecule has 1 amide bonds. The highest BCUT2D eigenvalue weighted by atomic mass is 16.7. The molecule has 1 N–H and O–H groups in total. The molecule has 0 fully saturated rings. The summed E-state index contributed by atoms with van der Waals surface area (Å²) >= 11 is 0. The van der Waals surface area contributed by atoms with Gasteiger partial charge >= 0.3 is 0 Å². The Morgan fingerprint density at radius 1 is 1.40 bits per heavy atom. The van der Waals surface area contributed by atoms with Gasteiger partial charge in [0.15, 0.2) is 11.5 Å². The standard InChI is InChI=1S/C10H11NO4/c1-6(12)11-7-3-9-10(15-5-14-9)4-8(7)13-2/h3-4H,5H2,1-2H3,(H,11,12). The van der Waals surface area contributed by atoms with Gasteiger partial charge in [0.25, 0.3) is 0 Å². The lowest BCUT2D eigenvalue weighted by molar-refractivity contribution is -0.114. The van der Waals surface area contributed by atoms with Crippen LogP contribution in [0.1, 0.15) is 6.92 Å². The minimum Gasteiger partial charge on any atom is -0.494 e. The fraction of sp³-hybridized carbons (Fsp3) is 0.300. The number of benzene rings is 1. The Bertz CT molecular complexity index is 403. The van der Waals surface area contributed by atoms with E-state index in [-0.39, 0.29) is 12.7 Å². The highest BCUT2D eigenvalue weighted by Gasteiger charge is 2.18. The Labute approximate surface area is 86.9 Å². The largest absolute Gasteiger partial charge is 0.494 e. The third-order valence-corrected chi connectivity index (χ3v) is 2.01. The second-order valence-corrected chi connectivity index (χ2v) is 3.09. The summed E-state index contributed by atoms with van der Waals surface area (Å²) in [4.78, 5) is 10.9.